The van der Waals surface area contributed by atoms with Crippen molar-refractivity contribution in [3.8, 4) is 0 Å². The van der Waals surface area contributed by atoms with E-state index >= 15 is 0 Å². The number of hydrogen-bond acceptors (Lipinski definition) is 2. The van der Waals surface area contributed by atoms with E-state index in [1.165, 1.54) is 0 Å². The molecule has 0 bridgehead atoms. The van der Waals surface area contributed by atoms with Crippen LogP contribution < -0.4 is 5.32 Å². The van der Waals surface area contributed by atoms with E-state index in [2.05, 4.69) is 5.32 Å². The first kappa shape index (κ1) is 17.5. The third-order valence-electron chi connectivity index (χ3n) is 4.63. The van der Waals surface area contributed by atoms with Crippen LogP contribution in [0.25, 0.3) is 0 Å². The molecule has 4 nitrogen and oxygen atoms in total. The number of aryl methyl sites for hydroxylation is 1. The summed E-state index contributed by atoms with van der Waals surface area (Å²) in [6.07, 6.45) is 1.34. The third kappa shape index (κ3) is 4.20. The number of carbonyl (C=O) groups is 2. The van der Waals surface area contributed by atoms with Crippen molar-refractivity contribution in [1.82, 2.24) is 4.90 Å². The van der Waals surface area contributed by atoms with Crippen molar-refractivity contribution in [1.29, 1.82) is 0 Å². The summed E-state index contributed by atoms with van der Waals surface area (Å²) in [7, 11) is 0. The van der Waals surface area contributed by atoms with Crippen molar-refractivity contribution in [2.75, 3.05) is 18.4 Å². The molecule has 0 radical (unpaired) electrons. The summed E-state index contributed by atoms with van der Waals surface area (Å²) in [5.74, 6) is -0.0551. The summed E-state index contributed by atoms with van der Waals surface area (Å²) in [4.78, 5) is 26.8. The Bertz CT molecular complexity index is 769. The van der Waals surface area contributed by atoms with E-state index in [-0.39, 0.29) is 17.7 Å². The SMILES string of the molecule is Cc1ccc(Cl)cc1NC(=O)C1CCN(C(=O)c2ccccc2)CC1. The van der Waals surface area contributed by atoms with Crippen LogP contribution in [0.3, 0.4) is 0 Å². The molecule has 5 heteroatoms. The zero-order valence-electron chi connectivity index (χ0n) is 14.2. The minimum Gasteiger partial charge on any atom is -0.339 e. The van der Waals surface area contributed by atoms with Gasteiger partial charge < -0.3 is 10.2 Å². The molecule has 1 fully saturated rings. The largest absolute Gasteiger partial charge is 0.339 e. The lowest BCUT2D eigenvalue weighted by atomic mass is 9.95. The van der Waals surface area contributed by atoms with Crippen LogP contribution >= 0.6 is 11.6 Å². The minimum absolute atomic E-state index is 0.00261. The van der Waals surface area contributed by atoms with E-state index in [0.29, 0.717) is 36.5 Å². The number of hydrogen-bond donors (Lipinski definition) is 1. The number of rotatable bonds is 3. The van der Waals surface area contributed by atoms with Crippen LogP contribution in [0.5, 0.6) is 0 Å². The van der Waals surface area contributed by atoms with Gasteiger partial charge in [0.1, 0.15) is 0 Å². The molecular weight excluding hydrogens is 336 g/mol. The number of nitrogens with zero attached hydrogens (tertiary/aromatic N) is 1. The van der Waals surface area contributed by atoms with Crippen molar-refractivity contribution < 1.29 is 9.59 Å². The van der Waals surface area contributed by atoms with Gasteiger partial charge in [-0.1, -0.05) is 35.9 Å². The molecule has 0 unspecified atom stereocenters. The van der Waals surface area contributed by atoms with Gasteiger partial charge in [-0.15, -0.1) is 0 Å². The van der Waals surface area contributed by atoms with Crippen molar-refractivity contribution >= 4 is 29.1 Å². The van der Waals surface area contributed by atoms with Crippen LogP contribution in [0.2, 0.25) is 5.02 Å². The number of likely N-dealkylation sites (tertiary alicyclic amines) is 1. The Kier molecular flexibility index (Phi) is 5.39. The van der Waals surface area contributed by atoms with Crippen molar-refractivity contribution in [2.45, 2.75) is 19.8 Å². The van der Waals surface area contributed by atoms with Crippen LogP contribution in [0.4, 0.5) is 5.69 Å². The second-order valence-corrected chi connectivity index (χ2v) is 6.82. The highest BCUT2D eigenvalue weighted by Gasteiger charge is 2.28. The van der Waals surface area contributed by atoms with Crippen molar-refractivity contribution in [3.05, 3.63) is 64.7 Å². The predicted octanol–water partition coefficient (Wildman–Crippen LogP) is 4.14. The molecule has 2 amide bonds. The van der Waals surface area contributed by atoms with Crippen LogP contribution in [-0.4, -0.2) is 29.8 Å². The summed E-state index contributed by atoms with van der Waals surface area (Å²) < 4.78 is 0. The minimum atomic E-state index is -0.0850. The summed E-state index contributed by atoms with van der Waals surface area (Å²) in [5, 5.41) is 3.57. The van der Waals surface area contributed by atoms with Gasteiger partial charge in [0, 0.05) is 35.3 Å². The van der Waals surface area contributed by atoms with Crippen LogP contribution in [0, 0.1) is 12.8 Å². The second kappa shape index (κ2) is 7.70. The zero-order chi connectivity index (χ0) is 17.8. The molecular formula is C20H21ClN2O2. The van der Waals surface area contributed by atoms with Gasteiger partial charge in [-0.2, -0.15) is 0 Å². The first-order valence-electron chi connectivity index (χ1n) is 8.46. The van der Waals surface area contributed by atoms with E-state index in [0.717, 1.165) is 11.3 Å². The normalized spacial score (nSPS) is 15.0. The van der Waals surface area contributed by atoms with Gasteiger partial charge in [-0.25, -0.2) is 0 Å². The maximum absolute atomic E-state index is 12.5. The van der Waals surface area contributed by atoms with Crippen LogP contribution in [0.1, 0.15) is 28.8 Å². The Morgan fingerprint density at radius 2 is 1.76 bits per heavy atom. The highest BCUT2D eigenvalue weighted by atomic mass is 35.5. The molecule has 0 saturated carbocycles. The lowest BCUT2D eigenvalue weighted by Gasteiger charge is -2.31. The van der Waals surface area contributed by atoms with E-state index in [1.54, 1.807) is 12.1 Å². The molecule has 130 valence electrons. The van der Waals surface area contributed by atoms with E-state index in [9.17, 15) is 9.59 Å². The average Bonchev–Trinajstić information content (AvgIpc) is 2.65. The second-order valence-electron chi connectivity index (χ2n) is 6.38. The third-order valence-corrected chi connectivity index (χ3v) is 4.87. The van der Waals surface area contributed by atoms with Gasteiger partial charge in [0.05, 0.1) is 0 Å². The maximum Gasteiger partial charge on any atom is 0.253 e. The zero-order valence-corrected chi connectivity index (χ0v) is 14.9. The Labute approximate surface area is 152 Å². The smallest absolute Gasteiger partial charge is 0.253 e. The fraction of sp³-hybridized carbons (Fsp3) is 0.300. The highest BCUT2D eigenvalue weighted by molar-refractivity contribution is 6.31. The fourth-order valence-corrected chi connectivity index (χ4v) is 3.24. The van der Waals surface area contributed by atoms with Crippen LogP contribution in [0.15, 0.2) is 48.5 Å². The Balaban J connectivity index is 1.57. The molecule has 2 aromatic carbocycles. The topological polar surface area (TPSA) is 49.4 Å². The van der Waals surface area contributed by atoms with E-state index < -0.39 is 0 Å². The molecule has 1 saturated heterocycles. The summed E-state index contributed by atoms with van der Waals surface area (Å²) in [5.41, 5.74) is 2.43. The lowest BCUT2D eigenvalue weighted by Crippen LogP contribution is -2.41. The van der Waals surface area contributed by atoms with E-state index in [4.69, 9.17) is 11.6 Å². The molecule has 3 rings (SSSR count). The maximum atomic E-state index is 12.5. The van der Waals surface area contributed by atoms with Gasteiger partial charge in [0.25, 0.3) is 5.91 Å². The monoisotopic (exact) mass is 356 g/mol. The van der Waals surface area contributed by atoms with E-state index in [1.807, 2.05) is 48.2 Å². The summed E-state index contributed by atoms with van der Waals surface area (Å²) in [6.45, 7) is 3.13. The molecule has 1 N–H and O–H groups in total. The van der Waals surface area contributed by atoms with Crippen LogP contribution in [-0.2, 0) is 4.79 Å². The van der Waals surface area contributed by atoms with Gasteiger partial charge in [0.2, 0.25) is 5.91 Å². The lowest BCUT2D eigenvalue weighted by molar-refractivity contribution is -0.121. The summed E-state index contributed by atoms with van der Waals surface area (Å²) >= 11 is 6.00. The fourth-order valence-electron chi connectivity index (χ4n) is 3.07. The number of halogens is 1. The number of carbonyl (C=O) groups excluding carboxylic acids is 2. The number of anilines is 1. The number of nitrogens with one attached hydrogen (secondary N) is 1. The number of amides is 2. The molecule has 1 heterocycles. The molecule has 0 aromatic heterocycles. The number of piperidine rings is 1. The predicted molar refractivity (Wildman–Crippen MR) is 99.9 cm³/mol. The number of benzene rings is 2. The first-order chi connectivity index (χ1) is 12.0. The molecule has 0 atom stereocenters. The average molecular weight is 357 g/mol. The molecule has 0 spiro atoms. The van der Waals surface area contributed by atoms with Gasteiger partial charge in [-0.3, -0.25) is 9.59 Å². The van der Waals surface area contributed by atoms with Crippen molar-refractivity contribution in [3.63, 3.8) is 0 Å². The molecule has 2 aromatic rings. The highest BCUT2D eigenvalue weighted by Crippen LogP contribution is 2.24. The Hall–Kier alpha value is -2.33. The molecule has 1 aliphatic rings. The molecule has 25 heavy (non-hydrogen) atoms. The quantitative estimate of drug-likeness (QED) is 0.898. The molecule has 0 aliphatic carbocycles. The molecule has 1 aliphatic heterocycles. The first-order valence-corrected chi connectivity index (χ1v) is 8.84. The standard InChI is InChI=1S/C20H21ClN2O2/c1-14-7-8-17(21)13-18(14)22-19(24)15-9-11-23(12-10-15)20(25)16-5-3-2-4-6-16/h2-8,13,15H,9-12H2,1H3,(H,22,24). The van der Waals surface area contributed by atoms with Gasteiger partial charge in [0.15, 0.2) is 0 Å². The van der Waals surface area contributed by atoms with Gasteiger partial charge >= 0.3 is 0 Å². The van der Waals surface area contributed by atoms with Gasteiger partial charge in [-0.05, 0) is 49.6 Å². The Morgan fingerprint density at radius 3 is 2.44 bits per heavy atom. The Morgan fingerprint density at radius 1 is 1.08 bits per heavy atom. The van der Waals surface area contributed by atoms with Crippen molar-refractivity contribution in [2.24, 2.45) is 5.92 Å². The summed E-state index contributed by atoms with van der Waals surface area (Å²) in [6, 6.07) is 14.7.